The maximum atomic E-state index is 7.73. The molecule has 0 fully saturated rings. The van der Waals surface area contributed by atoms with E-state index in [2.05, 4.69) is 322 Å². The van der Waals surface area contributed by atoms with E-state index in [9.17, 15) is 0 Å². The van der Waals surface area contributed by atoms with Gasteiger partial charge in [0, 0.05) is 51.5 Å². The number of hydrogen-bond acceptors (Lipinski definition) is 4. The Morgan fingerprint density at radius 3 is 1.58 bits per heavy atom. The number of ether oxygens (including phenoxy) is 1. The topological polar surface area (TPSA) is 33.5 Å². The van der Waals surface area contributed by atoms with Crippen LogP contribution in [0.25, 0.3) is 72.1 Å². The molecule has 3 heterocycles. The average Bonchev–Trinajstić information content (AvgIpc) is 1.50. The Bertz CT molecular complexity index is 4720. The van der Waals surface area contributed by atoms with Crippen LogP contribution in [0.5, 0.6) is 11.5 Å². The van der Waals surface area contributed by atoms with E-state index in [0.29, 0.717) is 6.67 Å². The monoisotopic (exact) mass is 1140 g/mol. The number of rotatable bonds is 7. The normalized spacial score (nSPS) is 14.1. The Hall–Kier alpha value is -9.45. The van der Waals surface area contributed by atoms with Gasteiger partial charge < -0.3 is 14.5 Å². The van der Waals surface area contributed by atoms with Crippen LogP contribution in [0.2, 0.25) is 0 Å². The van der Waals surface area contributed by atoms with Crippen LogP contribution in [-0.4, -0.2) is 16.2 Å². The quantitative estimate of drug-likeness (QED) is 0.159. The summed E-state index contributed by atoms with van der Waals surface area (Å²) in [6, 6.07) is 84.0. The smallest absolute Gasteiger partial charge is 0.137 e. The third kappa shape index (κ3) is 8.59. The fourth-order valence-electron chi connectivity index (χ4n) is 14.6. The second-order valence-corrected chi connectivity index (χ2v) is 28.8. The van der Waals surface area contributed by atoms with E-state index in [1.165, 1.54) is 99.9 Å². The molecule has 0 N–H and O–H groups in total. The summed E-state index contributed by atoms with van der Waals surface area (Å²) in [6.07, 6.45) is 1.97. The Labute approximate surface area is 519 Å². The first-order valence-electron chi connectivity index (χ1n) is 31.4. The molecule has 0 bridgehead atoms. The van der Waals surface area contributed by atoms with E-state index in [1.807, 2.05) is 6.20 Å². The van der Waals surface area contributed by atoms with Crippen molar-refractivity contribution in [3.63, 3.8) is 0 Å². The van der Waals surface area contributed by atoms with Crippen molar-refractivity contribution in [1.82, 2.24) is 9.55 Å². The van der Waals surface area contributed by atoms with E-state index in [-0.39, 0.29) is 21.7 Å². The zero-order valence-corrected chi connectivity index (χ0v) is 52.8. The largest absolute Gasteiger partial charge is 0.457 e. The maximum Gasteiger partial charge on any atom is 0.137 e. The lowest BCUT2D eigenvalue weighted by Crippen LogP contribution is -2.26. The van der Waals surface area contributed by atoms with Crippen LogP contribution in [0.3, 0.4) is 0 Å². The summed E-state index contributed by atoms with van der Waals surface area (Å²) in [5, 5.41) is 2.38. The van der Waals surface area contributed by atoms with Gasteiger partial charge in [-0.3, -0.25) is 4.57 Å². The SMILES string of the molecule is CC(C)(C)c1cc(-c2cc(C(C)(C)C)cc(-c3ccccc3)c2N2CN(c3cccc(Oc4cc5c(c6c4-c4ccccc4C64c6ccccc6-c6ccccc64)c4ccccc4n5-c4cc(C(C)(C)C)ccn4)c3)c3ccccc32)cc(C(C)(C)C)c1. The zero-order valence-electron chi connectivity index (χ0n) is 52.8. The molecule has 2 aromatic heterocycles. The highest BCUT2D eigenvalue weighted by Crippen LogP contribution is 2.67. The first-order valence-corrected chi connectivity index (χ1v) is 31.4. The Morgan fingerprint density at radius 2 is 0.943 bits per heavy atom. The molecule has 12 aromatic rings. The van der Waals surface area contributed by atoms with E-state index < -0.39 is 5.41 Å². The highest BCUT2D eigenvalue weighted by atomic mass is 16.5. The number of pyridine rings is 1. The van der Waals surface area contributed by atoms with Crippen LogP contribution in [-0.2, 0) is 27.1 Å². The lowest BCUT2D eigenvalue weighted by molar-refractivity contribution is 0.484. The van der Waals surface area contributed by atoms with Crippen molar-refractivity contribution in [1.29, 1.82) is 0 Å². The molecule has 2 aliphatic carbocycles. The van der Waals surface area contributed by atoms with Crippen molar-refractivity contribution in [2.75, 3.05) is 16.5 Å². The minimum atomic E-state index is -0.651. The van der Waals surface area contributed by atoms with E-state index in [0.717, 1.165) is 51.0 Å². The summed E-state index contributed by atoms with van der Waals surface area (Å²) in [7, 11) is 0. The van der Waals surface area contributed by atoms with Gasteiger partial charge in [-0.05, 0) is 149 Å². The summed E-state index contributed by atoms with van der Waals surface area (Å²) in [4.78, 5) is 10.3. The van der Waals surface area contributed by atoms with Gasteiger partial charge in [0.25, 0.3) is 0 Å². The van der Waals surface area contributed by atoms with Crippen LogP contribution in [0.1, 0.15) is 128 Å². The molecule has 0 amide bonds. The number of aromatic nitrogens is 2. The number of nitrogens with zero attached hydrogens (tertiary/aromatic N) is 4. The van der Waals surface area contributed by atoms with Gasteiger partial charge in [0.1, 0.15) is 24.0 Å². The second-order valence-electron chi connectivity index (χ2n) is 28.8. The van der Waals surface area contributed by atoms with Crippen molar-refractivity contribution in [3.8, 4) is 61.8 Å². The Kier molecular flexibility index (Phi) is 12.4. The van der Waals surface area contributed by atoms with Crippen molar-refractivity contribution < 1.29 is 4.74 Å². The fraction of sp³-hybridized carbons (Fsp3) is 0.217. The highest BCUT2D eigenvalue weighted by molar-refractivity contribution is 6.17. The lowest BCUT2D eigenvalue weighted by atomic mass is 9.69. The summed E-state index contributed by atoms with van der Waals surface area (Å²) in [5.74, 6) is 2.43. The van der Waals surface area contributed by atoms with Crippen LogP contribution in [0.4, 0.5) is 22.7 Å². The molecule has 1 aliphatic heterocycles. The number of fused-ring (bicyclic) bond motifs is 15. The molecule has 0 radical (unpaired) electrons. The standard InChI is InChI=1S/C83H76N4O/c1-79(2,3)54-41-42-84-74(48-54)87-69-38-23-19-34-63(69)75-72(87)50-73(76-62-33-18-22-37-68(62)83(77(75)76)66-35-20-16-31-60(66)61-32-17-21-36-67(61)83)88-59-30-26-29-58(49-59)85-51-86(71-40-25-24-39-70(71)85)78-64(52-27-14-13-15-28-52)46-57(82(10,11)12)47-65(78)53-43-55(80(4,5)6)45-56(44-53)81(7,8)9/h13-50H,51H2,1-12H3. The van der Waals surface area contributed by atoms with Gasteiger partial charge in [-0.1, -0.05) is 241 Å². The molecule has 0 atom stereocenters. The van der Waals surface area contributed by atoms with Crippen molar-refractivity contribution in [2.45, 2.75) is 110 Å². The second kappa shape index (κ2) is 19.8. The average molecular weight is 1150 g/mol. The van der Waals surface area contributed by atoms with Crippen LogP contribution in [0, 0.1) is 0 Å². The summed E-state index contributed by atoms with van der Waals surface area (Å²) < 4.78 is 10.1. The third-order valence-electron chi connectivity index (χ3n) is 19.1. The van der Waals surface area contributed by atoms with Gasteiger partial charge in [0.05, 0.1) is 33.5 Å². The van der Waals surface area contributed by atoms with Gasteiger partial charge >= 0.3 is 0 Å². The Morgan fingerprint density at radius 1 is 0.409 bits per heavy atom. The highest BCUT2D eigenvalue weighted by Gasteiger charge is 2.54. The molecular formula is C83H76N4O. The van der Waals surface area contributed by atoms with Gasteiger partial charge in [0.15, 0.2) is 0 Å². The van der Waals surface area contributed by atoms with Crippen molar-refractivity contribution >= 4 is 44.6 Å². The molecule has 5 heteroatoms. The summed E-state index contributed by atoms with van der Waals surface area (Å²) >= 11 is 0. The van der Waals surface area contributed by atoms with Gasteiger partial charge in [-0.25, -0.2) is 4.98 Å². The zero-order chi connectivity index (χ0) is 60.8. The predicted octanol–water partition coefficient (Wildman–Crippen LogP) is 22.1. The molecule has 10 aromatic carbocycles. The van der Waals surface area contributed by atoms with Crippen molar-refractivity contribution in [2.24, 2.45) is 0 Å². The number of para-hydroxylation sites is 3. The minimum absolute atomic E-state index is 0.0676. The van der Waals surface area contributed by atoms with E-state index >= 15 is 0 Å². The van der Waals surface area contributed by atoms with E-state index in [1.54, 1.807) is 0 Å². The van der Waals surface area contributed by atoms with Crippen LogP contribution < -0.4 is 14.5 Å². The summed E-state index contributed by atoms with van der Waals surface area (Å²) in [5.41, 5.74) is 25.6. The van der Waals surface area contributed by atoms with Crippen molar-refractivity contribution in [3.05, 3.63) is 275 Å². The molecular weight excluding hydrogens is 1070 g/mol. The Balaban J connectivity index is 0.942. The molecule has 0 saturated heterocycles. The van der Waals surface area contributed by atoms with Crippen LogP contribution in [0.15, 0.2) is 231 Å². The fourth-order valence-corrected chi connectivity index (χ4v) is 14.6. The predicted molar refractivity (Wildman–Crippen MR) is 369 cm³/mol. The molecule has 1 spiro atoms. The molecule has 3 aliphatic rings. The first-order chi connectivity index (χ1) is 42.2. The number of anilines is 4. The minimum Gasteiger partial charge on any atom is -0.457 e. The third-order valence-corrected chi connectivity index (χ3v) is 19.1. The molecule has 88 heavy (non-hydrogen) atoms. The maximum absolute atomic E-state index is 7.73. The van der Waals surface area contributed by atoms with Crippen LogP contribution >= 0.6 is 0 Å². The lowest BCUT2D eigenvalue weighted by Gasteiger charge is -2.32. The molecule has 15 rings (SSSR count). The molecule has 434 valence electrons. The molecule has 5 nitrogen and oxygen atoms in total. The first kappa shape index (κ1) is 55.2. The van der Waals surface area contributed by atoms with E-state index in [4.69, 9.17) is 9.72 Å². The van der Waals surface area contributed by atoms with Gasteiger partial charge in [-0.2, -0.15) is 0 Å². The molecule has 0 saturated carbocycles. The van der Waals surface area contributed by atoms with Gasteiger partial charge in [-0.15, -0.1) is 0 Å². The molecule has 0 unspecified atom stereocenters. The number of benzene rings is 10. The van der Waals surface area contributed by atoms with Gasteiger partial charge in [0.2, 0.25) is 0 Å². The number of hydrogen-bond donors (Lipinski definition) is 0. The summed E-state index contributed by atoms with van der Waals surface area (Å²) in [6.45, 7) is 28.5.